The highest BCUT2D eigenvalue weighted by Gasteiger charge is 2.57. The van der Waals surface area contributed by atoms with Crippen molar-refractivity contribution in [3.8, 4) is 0 Å². The number of carbonyl (C=O) groups excluding carboxylic acids is 1. The molecule has 9 heteroatoms. The van der Waals surface area contributed by atoms with Gasteiger partial charge >= 0.3 is 18.3 Å². The Kier molecular flexibility index (Phi) is 5.27. The van der Waals surface area contributed by atoms with Gasteiger partial charge in [-0.1, -0.05) is 0 Å². The molecule has 0 radical (unpaired) electrons. The number of alkyl halides is 6. The van der Waals surface area contributed by atoms with Crippen molar-refractivity contribution in [2.24, 2.45) is 11.7 Å². The fourth-order valence-corrected chi connectivity index (χ4v) is 1.18. The number of halogens is 6. The maximum absolute atomic E-state index is 12.3. The van der Waals surface area contributed by atoms with E-state index in [0.717, 1.165) is 0 Å². The van der Waals surface area contributed by atoms with Gasteiger partial charge < -0.3 is 10.5 Å². The van der Waals surface area contributed by atoms with Crippen molar-refractivity contribution < 1.29 is 35.9 Å². The summed E-state index contributed by atoms with van der Waals surface area (Å²) >= 11 is 0. The van der Waals surface area contributed by atoms with Crippen LogP contribution in [0, 0.1) is 5.92 Å². The fraction of sp³-hybridized carbons (Fsp3) is 0.900. The third-order valence-corrected chi connectivity index (χ3v) is 1.99. The van der Waals surface area contributed by atoms with Crippen LogP contribution in [-0.4, -0.2) is 30.0 Å². The number of hydrogen-bond donors (Lipinski definition) is 1. The average molecular weight is 295 g/mol. The molecule has 0 aromatic heterocycles. The SMILES string of the molecule is CC(C)(C)OC(=O)[C@@H](N)CC(C(F)(F)F)C(F)(F)F. The second kappa shape index (κ2) is 5.56. The summed E-state index contributed by atoms with van der Waals surface area (Å²) in [6.45, 7) is 4.26. The van der Waals surface area contributed by atoms with Gasteiger partial charge in [-0.3, -0.25) is 4.79 Å². The van der Waals surface area contributed by atoms with E-state index in [1.54, 1.807) is 0 Å². The molecule has 0 fully saturated rings. The Morgan fingerprint density at radius 2 is 1.42 bits per heavy atom. The molecule has 3 nitrogen and oxygen atoms in total. The summed E-state index contributed by atoms with van der Waals surface area (Å²) in [5, 5.41) is 0. The minimum Gasteiger partial charge on any atom is -0.459 e. The minimum atomic E-state index is -5.52. The van der Waals surface area contributed by atoms with Gasteiger partial charge in [-0.15, -0.1) is 0 Å². The van der Waals surface area contributed by atoms with Crippen molar-refractivity contribution in [1.82, 2.24) is 0 Å². The van der Waals surface area contributed by atoms with Crippen LogP contribution in [0.25, 0.3) is 0 Å². The molecule has 0 saturated carbocycles. The number of nitrogens with two attached hydrogens (primary N) is 1. The summed E-state index contributed by atoms with van der Waals surface area (Å²) in [6.07, 6.45) is -12.6. The van der Waals surface area contributed by atoms with Crippen LogP contribution in [-0.2, 0) is 9.53 Å². The van der Waals surface area contributed by atoms with E-state index in [1.807, 2.05) is 0 Å². The molecule has 0 aromatic carbocycles. The zero-order valence-corrected chi connectivity index (χ0v) is 10.5. The molecule has 0 bridgehead atoms. The van der Waals surface area contributed by atoms with Crippen LogP contribution in [0.2, 0.25) is 0 Å². The number of esters is 1. The van der Waals surface area contributed by atoms with E-state index in [1.165, 1.54) is 20.8 Å². The topological polar surface area (TPSA) is 52.3 Å². The van der Waals surface area contributed by atoms with Crippen LogP contribution in [0.5, 0.6) is 0 Å². The predicted octanol–water partition coefficient (Wildman–Crippen LogP) is 2.79. The molecular formula is C10H15F6NO2. The molecule has 0 rings (SSSR count). The first-order valence-electron chi connectivity index (χ1n) is 5.26. The molecule has 2 N–H and O–H groups in total. The van der Waals surface area contributed by atoms with E-state index in [9.17, 15) is 31.1 Å². The molecule has 0 saturated heterocycles. The summed E-state index contributed by atoms with van der Waals surface area (Å²) in [4.78, 5) is 11.3. The standard InChI is InChI=1S/C10H15F6NO2/c1-8(2,3)19-7(18)5(17)4-6(9(11,12)13)10(14,15)16/h5-6H,4,17H2,1-3H3/t5-/m0/s1. The summed E-state index contributed by atoms with van der Waals surface area (Å²) in [5.41, 5.74) is 4.00. The van der Waals surface area contributed by atoms with Crippen LogP contribution in [0.3, 0.4) is 0 Å². The summed E-state index contributed by atoms with van der Waals surface area (Å²) in [5.74, 6) is -4.95. The normalized spacial score (nSPS) is 15.5. The Labute approximate surface area is 106 Å². The third-order valence-electron chi connectivity index (χ3n) is 1.99. The number of hydrogen-bond acceptors (Lipinski definition) is 3. The zero-order valence-electron chi connectivity index (χ0n) is 10.5. The van der Waals surface area contributed by atoms with Crippen LogP contribution < -0.4 is 5.73 Å². The fourth-order valence-electron chi connectivity index (χ4n) is 1.18. The molecule has 0 amide bonds. The van der Waals surface area contributed by atoms with Crippen molar-refractivity contribution in [3.63, 3.8) is 0 Å². The Morgan fingerprint density at radius 1 is 1.05 bits per heavy atom. The maximum atomic E-state index is 12.3. The van der Waals surface area contributed by atoms with Crippen molar-refractivity contribution in [1.29, 1.82) is 0 Å². The van der Waals surface area contributed by atoms with E-state index in [4.69, 9.17) is 5.73 Å². The molecule has 0 unspecified atom stereocenters. The van der Waals surface area contributed by atoms with Gasteiger partial charge in [0.1, 0.15) is 11.6 Å². The van der Waals surface area contributed by atoms with Crippen LogP contribution in [0.1, 0.15) is 27.2 Å². The zero-order chi connectivity index (χ0) is 15.6. The first-order valence-corrected chi connectivity index (χ1v) is 5.26. The molecule has 0 heterocycles. The largest absolute Gasteiger partial charge is 0.459 e. The number of carbonyl (C=O) groups is 1. The smallest absolute Gasteiger partial charge is 0.400 e. The molecule has 19 heavy (non-hydrogen) atoms. The summed E-state index contributed by atoms with van der Waals surface area (Å²) < 4.78 is 78.1. The van der Waals surface area contributed by atoms with E-state index in [-0.39, 0.29) is 0 Å². The lowest BCUT2D eigenvalue weighted by Gasteiger charge is -2.26. The molecule has 1 atom stereocenters. The van der Waals surface area contributed by atoms with E-state index in [0.29, 0.717) is 0 Å². The van der Waals surface area contributed by atoms with Crippen LogP contribution >= 0.6 is 0 Å². The minimum absolute atomic E-state index is 1.04. The quantitative estimate of drug-likeness (QED) is 0.643. The molecular weight excluding hydrogens is 280 g/mol. The molecule has 0 aliphatic rings. The molecule has 0 spiro atoms. The maximum Gasteiger partial charge on any atom is 0.400 e. The Morgan fingerprint density at radius 3 is 1.68 bits per heavy atom. The molecule has 0 aromatic rings. The number of rotatable bonds is 3. The van der Waals surface area contributed by atoms with Gasteiger partial charge in [-0.2, -0.15) is 26.3 Å². The lowest BCUT2D eigenvalue weighted by Crippen LogP contribution is -2.45. The molecule has 0 aliphatic carbocycles. The van der Waals surface area contributed by atoms with E-state index < -0.39 is 42.3 Å². The van der Waals surface area contributed by atoms with Crippen molar-refractivity contribution >= 4 is 5.97 Å². The summed E-state index contributed by atoms with van der Waals surface area (Å²) in [6, 6.07) is -1.99. The highest BCUT2D eigenvalue weighted by atomic mass is 19.4. The Bertz CT molecular complexity index is 303. The monoisotopic (exact) mass is 295 g/mol. The van der Waals surface area contributed by atoms with Crippen LogP contribution in [0.15, 0.2) is 0 Å². The highest BCUT2D eigenvalue weighted by Crippen LogP contribution is 2.41. The molecule has 114 valence electrons. The van der Waals surface area contributed by atoms with Gasteiger partial charge in [0.2, 0.25) is 0 Å². The lowest BCUT2D eigenvalue weighted by molar-refractivity contribution is -0.286. The van der Waals surface area contributed by atoms with Gasteiger partial charge in [-0.05, 0) is 27.2 Å². The van der Waals surface area contributed by atoms with Gasteiger partial charge in [0, 0.05) is 0 Å². The average Bonchev–Trinajstić information content (AvgIpc) is 2.06. The summed E-state index contributed by atoms with van der Waals surface area (Å²) in [7, 11) is 0. The van der Waals surface area contributed by atoms with Crippen LogP contribution in [0.4, 0.5) is 26.3 Å². The van der Waals surface area contributed by atoms with Crippen molar-refractivity contribution in [3.05, 3.63) is 0 Å². The number of ether oxygens (including phenoxy) is 1. The first kappa shape index (κ1) is 18.0. The van der Waals surface area contributed by atoms with Gasteiger partial charge in [0.25, 0.3) is 0 Å². The second-order valence-electron chi connectivity index (χ2n) is 5.01. The lowest BCUT2D eigenvalue weighted by atomic mass is 9.99. The van der Waals surface area contributed by atoms with Crippen molar-refractivity contribution in [2.45, 2.75) is 51.2 Å². The Balaban J connectivity index is 4.84. The Hall–Kier alpha value is -0.990. The predicted molar refractivity (Wildman–Crippen MR) is 54.0 cm³/mol. The van der Waals surface area contributed by atoms with Crippen molar-refractivity contribution in [2.75, 3.05) is 0 Å². The van der Waals surface area contributed by atoms with Gasteiger partial charge in [0.15, 0.2) is 5.92 Å². The molecule has 0 aliphatic heterocycles. The first-order chi connectivity index (χ1) is 8.14. The highest BCUT2D eigenvalue weighted by molar-refractivity contribution is 5.75. The van der Waals surface area contributed by atoms with E-state index in [2.05, 4.69) is 4.74 Å². The second-order valence-corrected chi connectivity index (χ2v) is 5.01. The third kappa shape index (κ3) is 6.65. The van der Waals surface area contributed by atoms with Gasteiger partial charge in [-0.25, -0.2) is 0 Å². The van der Waals surface area contributed by atoms with Gasteiger partial charge in [0.05, 0.1) is 0 Å². The van der Waals surface area contributed by atoms with E-state index >= 15 is 0 Å².